The third-order valence-electron chi connectivity index (χ3n) is 1.13. The van der Waals surface area contributed by atoms with Crippen LogP contribution in [0.3, 0.4) is 0 Å². The average molecular weight is 251 g/mol. The molecule has 0 fully saturated rings. The van der Waals surface area contributed by atoms with Gasteiger partial charge >= 0.3 is 33.3 Å². The van der Waals surface area contributed by atoms with E-state index in [0.717, 1.165) is 0 Å². The number of carbonyl (C=O) groups is 1. The molecule has 0 saturated heterocycles. The van der Waals surface area contributed by atoms with E-state index in [0.29, 0.717) is 0 Å². The molecule has 1 rings (SSSR count). The molecule has 0 aromatic heterocycles. The van der Waals surface area contributed by atoms with E-state index in [1.807, 2.05) is 0 Å². The van der Waals surface area contributed by atoms with Crippen LogP contribution in [0.2, 0.25) is 0 Å². The molecule has 11 heavy (non-hydrogen) atoms. The first-order valence-electron chi connectivity index (χ1n) is 2.73. The second-order valence-electron chi connectivity index (χ2n) is 1.82. The van der Waals surface area contributed by atoms with Crippen molar-refractivity contribution in [2.24, 2.45) is 0 Å². The van der Waals surface area contributed by atoms with Crippen molar-refractivity contribution in [1.82, 2.24) is 0 Å². The molecule has 2 N–H and O–H groups in total. The first kappa shape index (κ1) is 10.4. The van der Waals surface area contributed by atoms with Gasteiger partial charge in [0.15, 0.2) is 0 Å². The van der Waals surface area contributed by atoms with Crippen molar-refractivity contribution >= 4 is 5.97 Å². The van der Waals surface area contributed by atoms with Crippen LogP contribution < -0.4 is 0 Å². The van der Waals surface area contributed by atoms with Crippen LogP contribution in [-0.2, 0) is 27.3 Å². The molecule has 1 aromatic rings. The minimum atomic E-state index is -1.11. The monoisotopic (exact) mass is 252 g/mol. The summed E-state index contributed by atoms with van der Waals surface area (Å²) in [5, 5.41) is 17.3. The van der Waals surface area contributed by atoms with Gasteiger partial charge in [-0.05, 0) is 12.1 Å². The van der Waals surface area contributed by atoms with Crippen LogP contribution in [0, 0.1) is 0 Å². The molecule has 0 bridgehead atoms. The Labute approximate surface area is 83.8 Å². The first-order valence-corrected chi connectivity index (χ1v) is 2.73. The smallest absolute Gasteiger partial charge is 0.507 e. The number of carboxylic acid groups (broad SMARTS) is 1. The van der Waals surface area contributed by atoms with Gasteiger partial charge in [-0.25, -0.2) is 4.79 Å². The van der Waals surface area contributed by atoms with E-state index >= 15 is 0 Å². The molecule has 0 radical (unpaired) electrons. The summed E-state index contributed by atoms with van der Waals surface area (Å²) in [6, 6.07) is 5.81. The van der Waals surface area contributed by atoms with E-state index < -0.39 is 5.97 Å². The van der Waals surface area contributed by atoms with Crippen LogP contribution >= 0.6 is 0 Å². The average Bonchev–Trinajstić information content (AvgIpc) is 1.88. The molecule has 0 amide bonds. The first-order chi connectivity index (χ1) is 4.72. The second kappa shape index (κ2) is 4.32. The zero-order valence-electron chi connectivity index (χ0n) is 5.82. The number of phenols is 1. The minimum Gasteiger partial charge on any atom is -0.507 e. The summed E-state index contributed by atoms with van der Waals surface area (Å²) < 4.78 is 0. The van der Waals surface area contributed by atoms with Crippen LogP contribution in [0.1, 0.15) is 10.4 Å². The summed E-state index contributed by atoms with van der Waals surface area (Å²) in [4.78, 5) is 10.3. The Bertz CT molecular complexity index is 260. The van der Waals surface area contributed by atoms with E-state index in [-0.39, 0.29) is 38.6 Å². The SMILES string of the molecule is O=C(O)c1ccccc1O.[Cd+2]. The van der Waals surface area contributed by atoms with Gasteiger partial charge in [-0.1, -0.05) is 12.1 Å². The van der Waals surface area contributed by atoms with Crippen molar-refractivity contribution in [3.05, 3.63) is 29.8 Å². The molecule has 3 nitrogen and oxygen atoms in total. The maximum absolute atomic E-state index is 10.3. The summed E-state index contributed by atoms with van der Waals surface area (Å²) in [5.41, 5.74) is -0.0671. The van der Waals surface area contributed by atoms with Crippen molar-refractivity contribution in [2.75, 3.05) is 0 Å². The number of carboxylic acids is 1. The van der Waals surface area contributed by atoms with Gasteiger partial charge in [0.1, 0.15) is 11.3 Å². The fourth-order valence-electron chi connectivity index (χ4n) is 0.654. The topological polar surface area (TPSA) is 57.5 Å². The molecule has 0 aliphatic rings. The standard InChI is InChI=1S/C7H6O3.Cd/c8-6-4-2-1-3-5(6)7(9)10;/h1-4,8H,(H,9,10);/q;+2. The van der Waals surface area contributed by atoms with Gasteiger partial charge in [-0.15, -0.1) is 0 Å². The molecule has 0 spiro atoms. The van der Waals surface area contributed by atoms with Crippen molar-refractivity contribution in [3.8, 4) is 5.75 Å². The van der Waals surface area contributed by atoms with Crippen LogP contribution in [0.4, 0.5) is 0 Å². The Morgan fingerprint density at radius 2 is 1.82 bits per heavy atom. The Morgan fingerprint density at radius 3 is 2.18 bits per heavy atom. The summed E-state index contributed by atoms with van der Waals surface area (Å²) in [5.74, 6) is -1.31. The third kappa shape index (κ3) is 2.49. The van der Waals surface area contributed by atoms with E-state index in [4.69, 9.17) is 10.2 Å². The molecule has 0 aliphatic heterocycles. The number of rotatable bonds is 1. The quantitative estimate of drug-likeness (QED) is 0.734. The number of hydrogen-bond acceptors (Lipinski definition) is 2. The molecule has 4 heteroatoms. The predicted molar refractivity (Wildman–Crippen MR) is 35.1 cm³/mol. The number of hydrogen-bond donors (Lipinski definition) is 2. The van der Waals surface area contributed by atoms with Gasteiger partial charge in [0.05, 0.1) is 0 Å². The van der Waals surface area contributed by atoms with Gasteiger partial charge < -0.3 is 10.2 Å². The van der Waals surface area contributed by atoms with Crippen molar-refractivity contribution in [2.45, 2.75) is 0 Å². The van der Waals surface area contributed by atoms with Crippen LogP contribution in [0.5, 0.6) is 5.75 Å². The van der Waals surface area contributed by atoms with Crippen molar-refractivity contribution in [1.29, 1.82) is 0 Å². The third-order valence-corrected chi connectivity index (χ3v) is 1.13. The normalized spacial score (nSPS) is 8.36. The predicted octanol–water partition coefficient (Wildman–Crippen LogP) is 1.09. The summed E-state index contributed by atoms with van der Waals surface area (Å²) >= 11 is 0. The molecule has 0 heterocycles. The fraction of sp³-hybridized carbons (Fsp3) is 0. The van der Waals surface area contributed by atoms with Crippen molar-refractivity contribution < 1.29 is 42.3 Å². The largest absolute Gasteiger partial charge is 2.00 e. The molecule has 52 valence electrons. The van der Waals surface area contributed by atoms with Gasteiger partial charge in [0, 0.05) is 0 Å². The maximum atomic E-state index is 10.3. The molecular formula is C7H6CdO3+2. The Balaban J connectivity index is 0.000001000. The summed E-state index contributed by atoms with van der Waals surface area (Å²) in [6.07, 6.45) is 0. The van der Waals surface area contributed by atoms with Crippen molar-refractivity contribution in [3.63, 3.8) is 0 Å². The van der Waals surface area contributed by atoms with E-state index in [2.05, 4.69) is 0 Å². The summed E-state index contributed by atoms with van der Waals surface area (Å²) in [6.45, 7) is 0. The molecular weight excluding hydrogens is 244 g/mol. The number of benzene rings is 1. The molecule has 1 aromatic carbocycles. The number of para-hydroxylation sites is 1. The minimum absolute atomic E-state index is 0. The van der Waals surface area contributed by atoms with Gasteiger partial charge in [-0.2, -0.15) is 0 Å². The maximum Gasteiger partial charge on any atom is 2.00 e. The molecule has 0 aliphatic carbocycles. The van der Waals surface area contributed by atoms with E-state index in [1.165, 1.54) is 12.1 Å². The second-order valence-corrected chi connectivity index (χ2v) is 1.82. The zero-order valence-corrected chi connectivity index (χ0v) is 9.86. The van der Waals surface area contributed by atoms with Crippen LogP contribution in [-0.4, -0.2) is 16.2 Å². The van der Waals surface area contributed by atoms with Gasteiger partial charge in [-0.3, -0.25) is 0 Å². The van der Waals surface area contributed by atoms with E-state index in [9.17, 15) is 4.79 Å². The Kier molecular flexibility index (Phi) is 4.09. The van der Waals surface area contributed by atoms with Gasteiger partial charge in [0.25, 0.3) is 0 Å². The Hall–Kier alpha value is -0.588. The summed E-state index contributed by atoms with van der Waals surface area (Å²) in [7, 11) is 0. The molecule has 0 unspecified atom stereocenters. The fourth-order valence-corrected chi connectivity index (χ4v) is 0.654. The zero-order chi connectivity index (χ0) is 7.56. The molecule has 0 atom stereocenters. The van der Waals surface area contributed by atoms with E-state index in [1.54, 1.807) is 12.1 Å². The van der Waals surface area contributed by atoms with Crippen LogP contribution in [0.25, 0.3) is 0 Å². The molecule has 0 saturated carbocycles. The Morgan fingerprint density at radius 1 is 1.27 bits per heavy atom. The number of aromatic hydroxyl groups is 1. The number of aromatic carboxylic acids is 1. The van der Waals surface area contributed by atoms with Gasteiger partial charge in [0.2, 0.25) is 0 Å². The van der Waals surface area contributed by atoms with Crippen LogP contribution in [0.15, 0.2) is 24.3 Å².